The van der Waals surface area contributed by atoms with Gasteiger partial charge < -0.3 is 15.8 Å². The van der Waals surface area contributed by atoms with E-state index in [9.17, 15) is 9.59 Å². The Morgan fingerprint density at radius 3 is 2.13 bits per heavy atom. The van der Waals surface area contributed by atoms with E-state index in [1.54, 1.807) is 0 Å². The summed E-state index contributed by atoms with van der Waals surface area (Å²) in [5.74, 6) is -0.840. The Kier molecular flexibility index (Phi) is 9.53. The second-order valence-corrected chi connectivity index (χ2v) is 6.09. The molecule has 1 aromatic rings. The van der Waals surface area contributed by atoms with Gasteiger partial charge in [0.15, 0.2) is 0 Å². The van der Waals surface area contributed by atoms with E-state index < -0.39 is 18.1 Å². The van der Waals surface area contributed by atoms with Crippen molar-refractivity contribution in [1.82, 2.24) is 5.32 Å². The molecule has 0 unspecified atom stereocenters. The highest BCUT2D eigenvalue weighted by Gasteiger charge is 2.28. The van der Waals surface area contributed by atoms with Gasteiger partial charge in [0.25, 0.3) is 0 Å². The lowest BCUT2D eigenvalue weighted by atomic mass is 10.0. The predicted octanol–water partition coefficient (Wildman–Crippen LogP) is 2.28. The number of nitrogens with two attached hydrogens (primary N) is 1. The monoisotopic (exact) mass is 342 g/mol. The van der Waals surface area contributed by atoms with Crippen LogP contribution in [0.3, 0.4) is 0 Å². The third-order valence-corrected chi connectivity index (χ3v) is 3.46. The molecule has 6 heteroatoms. The highest BCUT2D eigenvalue weighted by molar-refractivity contribution is 5.87. The number of benzene rings is 1. The summed E-state index contributed by atoms with van der Waals surface area (Å²) in [6.45, 7) is 7.63. The predicted molar refractivity (Wildman–Crippen MR) is 93.1 cm³/mol. The maximum absolute atomic E-state index is 12.2. The Hall–Kier alpha value is -1.59. The first kappa shape index (κ1) is 21.4. The van der Waals surface area contributed by atoms with Crippen LogP contribution < -0.4 is 11.1 Å². The van der Waals surface area contributed by atoms with Crippen molar-refractivity contribution >= 4 is 24.3 Å². The quantitative estimate of drug-likeness (QED) is 0.745. The minimum atomic E-state index is -0.694. The molecule has 0 bridgehead atoms. The average molecular weight is 343 g/mol. The second kappa shape index (κ2) is 10.2. The van der Waals surface area contributed by atoms with E-state index in [1.807, 2.05) is 58.0 Å². The average Bonchev–Trinajstić information content (AvgIpc) is 2.49. The van der Waals surface area contributed by atoms with Crippen LogP contribution in [0.2, 0.25) is 0 Å². The van der Waals surface area contributed by atoms with Crippen molar-refractivity contribution < 1.29 is 14.3 Å². The molecular weight excluding hydrogens is 316 g/mol. The Labute approximate surface area is 144 Å². The van der Waals surface area contributed by atoms with Crippen LogP contribution in [-0.4, -0.2) is 24.0 Å². The highest BCUT2D eigenvalue weighted by Crippen LogP contribution is 2.08. The van der Waals surface area contributed by atoms with Gasteiger partial charge in [0, 0.05) is 0 Å². The van der Waals surface area contributed by atoms with E-state index in [1.165, 1.54) is 0 Å². The molecular formula is C17H27ClN2O3. The lowest BCUT2D eigenvalue weighted by Crippen LogP contribution is -2.52. The molecule has 5 nitrogen and oxygen atoms in total. The van der Waals surface area contributed by atoms with Gasteiger partial charge in [-0.1, -0.05) is 58.0 Å². The summed E-state index contributed by atoms with van der Waals surface area (Å²) in [7, 11) is 0. The molecule has 0 radical (unpaired) electrons. The van der Waals surface area contributed by atoms with Gasteiger partial charge in [-0.05, 0) is 17.4 Å². The number of amides is 1. The molecule has 0 aliphatic rings. The smallest absolute Gasteiger partial charge is 0.329 e. The fourth-order valence-corrected chi connectivity index (χ4v) is 1.87. The van der Waals surface area contributed by atoms with E-state index in [4.69, 9.17) is 10.5 Å². The summed E-state index contributed by atoms with van der Waals surface area (Å²) in [4.78, 5) is 24.2. The van der Waals surface area contributed by atoms with Crippen molar-refractivity contribution in [3.8, 4) is 0 Å². The zero-order valence-corrected chi connectivity index (χ0v) is 14.9. The molecule has 0 saturated heterocycles. The van der Waals surface area contributed by atoms with Crippen molar-refractivity contribution in [2.45, 2.75) is 46.4 Å². The van der Waals surface area contributed by atoms with Gasteiger partial charge >= 0.3 is 5.97 Å². The number of halogens is 1. The van der Waals surface area contributed by atoms with Gasteiger partial charge in [0.1, 0.15) is 12.6 Å². The van der Waals surface area contributed by atoms with Gasteiger partial charge in [-0.15, -0.1) is 12.4 Å². The summed E-state index contributed by atoms with van der Waals surface area (Å²) in [5.41, 5.74) is 6.72. The zero-order chi connectivity index (χ0) is 16.7. The minimum absolute atomic E-state index is 0. The maximum atomic E-state index is 12.2. The van der Waals surface area contributed by atoms with Crippen molar-refractivity contribution in [2.75, 3.05) is 0 Å². The zero-order valence-electron chi connectivity index (χ0n) is 14.1. The number of carbonyl (C=O) groups excluding carboxylic acids is 2. The first-order valence-electron chi connectivity index (χ1n) is 7.59. The molecule has 0 aliphatic heterocycles. The van der Waals surface area contributed by atoms with E-state index in [0.29, 0.717) is 0 Å². The van der Waals surface area contributed by atoms with Crippen molar-refractivity contribution in [1.29, 1.82) is 0 Å². The number of hydrogen-bond donors (Lipinski definition) is 2. The molecule has 0 saturated carbocycles. The summed E-state index contributed by atoms with van der Waals surface area (Å²) >= 11 is 0. The van der Waals surface area contributed by atoms with Crippen molar-refractivity contribution in [3.05, 3.63) is 35.9 Å². The first-order chi connectivity index (χ1) is 10.3. The highest BCUT2D eigenvalue weighted by atomic mass is 35.5. The third kappa shape index (κ3) is 7.01. The Balaban J connectivity index is 0.00000484. The van der Waals surface area contributed by atoms with E-state index in [-0.39, 0.29) is 36.8 Å². The molecule has 0 aromatic heterocycles. The molecule has 1 amide bonds. The standard InChI is InChI=1S/C17H26N2O3.ClH/c1-11(2)14(18)16(20)19-15(12(3)4)17(21)22-10-13-8-6-5-7-9-13;/h5-9,11-12,14-15H,10,18H2,1-4H3,(H,19,20);1H/t14-,15-;/m1./s1. The number of rotatable bonds is 7. The van der Waals surface area contributed by atoms with Crippen molar-refractivity contribution in [3.63, 3.8) is 0 Å². The summed E-state index contributed by atoms with van der Waals surface area (Å²) in [5, 5.41) is 2.70. The largest absolute Gasteiger partial charge is 0.459 e. The van der Waals surface area contributed by atoms with Crippen LogP contribution in [0.4, 0.5) is 0 Å². The van der Waals surface area contributed by atoms with Gasteiger partial charge in [0.2, 0.25) is 5.91 Å². The number of nitrogens with one attached hydrogen (secondary N) is 1. The van der Waals surface area contributed by atoms with Crippen LogP contribution in [0.1, 0.15) is 33.3 Å². The molecule has 0 fully saturated rings. The number of carbonyl (C=O) groups is 2. The molecule has 1 aromatic carbocycles. The molecule has 3 N–H and O–H groups in total. The van der Waals surface area contributed by atoms with Gasteiger partial charge in [-0.3, -0.25) is 4.79 Å². The molecule has 1 rings (SSSR count). The molecule has 130 valence electrons. The maximum Gasteiger partial charge on any atom is 0.329 e. The fraction of sp³-hybridized carbons (Fsp3) is 0.529. The van der Waals surface area contributed by atoms with E-state index in [2.05, 4.69) is 5.32 Å². The SMILES string of the molecule is CC(C)[C@@H](N)C(=O)N[C@@H](C(=O)OCc1ccccc1)C(C)C.Cl. The molecule has 0 heterocycles. The van der Waals surface area contributed by atoms with E-state index in [0.717, 1.165) is 5.56 Å². The van der Waals surface area contributed by atoms with Crippen LogP contribution >= 0.6 is 12.4 Å². The van der Waals surface area contributed by atoms with Crippen LogP contribution in [-0.2, 0) is 20.9 Å². The summed E-state index contributed by atoms with van der Waals surface area (Å²) in [6, 6.07) is 8.09. The second-order valence-electron chi connectivity index (χ2n) is 6.09. The van der Waals surface area contributed by atoms with Crippen LogP contribution in [0.25, 0.3) is 0 Å². The van der Waals surface area contributed by atoms with E-state index >= 15 is 0 Å². The lowest BCUT2D eigenvalue weighted by molar-refractivity contribution is -0.150. The lowest BCUT2D eigenvalue weighted by Gasteiger charge is -2.24. The summed E-state index contributed by atoms with van der Waals surface area (Å²) < 4.78 is 5.30. The molecule has 2 atom stereocenters. The van der Waals surface area contributed by atoms with Gasteiger partial charge in [-0.25, -0.2) is 4.79 Å². The number of hydrogen-bond acceptors (Lipinski definition) is 4. The van der Waals surface area contributed by atoms with Crippen LogP contribution in [0, 0.1) is 11.8 Å². The summed E-state index contributed by atoms with van der Waals surface area (Å²) in [6.07, 6.45) is 0. The van der Waals surface area contributed by atoms with Crippen LogP contribution in [0.5, 0.6) is 0 Å². The Morgan fingerprint density at radius 2 is 1.65 bits per heavy atom. The Bertz CT molecular complexity index is 492. The van der Waals surface area contributed by atoms with Crippen LogP contribution in [0.15, 0.2) is 30.3 Å². The third-order valence-electron chi connectivity index (χ3n) is 3.46. The number of esters is 1. The van der Waals surface area contributed by atoms with Gasteiger partial charge in [-0.2, -0.15) is 0 Å². The minimum Gasteiger partial charge on any atom is -0.459 e. The normalized spacial score (nSPS) is 13.2. The topological polar surface area (TPSA) is 81.4 Å². The molecule has 0 spiro atoms. The molecule has 0 aliphatic carbocycles. The fourth-order valence-electron chi connectivity index (χ4n) is 1.87. The Morgan fingerprint density at radius 1 is 1.09 bits per heavy atom. The first-order valence-corrected chi connectivity index (χ1v) is 7.59. The van der Waals surface area contributed by atoms with Gasteiger partial charge in [0.05, 0.1) is 6.04 Å². The number of ether oxygens (including phenoxy) is 1. The van der Waals surface area contributed by atoms with Crippen molar-refractivity contribution in [2.24, 2.45) is 17.6 Å². The molecule has 23 heavy (non-hydrogen) atoms.